The number of allylic oxidation sites excluding steroid dienone is 2. The summed E-state index contributed by atoms with van der Waals surface area (Å²) in [7, 11) is 0. The van der Waals surface area contributed by atoms with Gasteiger partial charge in [-0.05, 0) is 61.1 Å². The van der Waals surface area contributed by atoms with Crippen molar-refractivity contribution in [1.29, 1.82) is 0 Å². The van der Waals surface area contributed by atoms with Gasteiger partial charge in [-0.25, -0.2) is 9.88 Å². The first-order valence-corrected chi connectivity index (χ1v) is 13.2. The molecule has 2 aromatic carbocycles. The van der Waals surface area contributed by atoms with E-state index in [2.05, 4.69) is 22.5 Å². The Hall–Kier alpha value is -2.68. The number of thiazole rings is 1. The summed E-state index contributed by atoms with van der Waals surface area (Å²) in [4.78, 5) is 44.6. The fourth-order valence-corrected chi connectivity index (χ4v) is 7.38. The molecule has 3 aromatic rings. The number of rotatable bonds is 5. The van der Waals surface area contributed by atoms with Gasteiger partial charge < -0.3 is 5.32 Å². The third kappa shape index (κ3) is 3.47. The molecule has 4 atom stereocenters. The minimum atomic E-state index is -0.215. The first-order valence-electron chi connectivity index (χ1n) is 11.0. The second kappa shape index (κ2) is 8.22. The van der Waals surface area contributed by atoms with Crippen LogP contribution in [0.4, 0.5) is 11.4 Å². The van der Waals surface area contributed by atoms with Gasteiger partial charge in [-0.2, -0.15) is 0 Å². The van der Waals surface area contributed by atoms with Gasteiger partial charge >= 0.3 is 0 Å². The van der Waals surface area contributed by atoms with Crippen LogP contribution in [0.5, 0.6) is 0 Å². The van der Waals surface area contributed by atoms with Crippen molar-refractivity contribution in [3.8, 4) is 0 Å². The summed E-state index contributed by atoms with van der Waals surface area (Å²) >= 11 is 8.93. The molecule has 172 valence electrons. The number of carbonyl (C=O) groups excluding carboxylic acids is 3. The zero-order valence-corrected chi connectivity index (χ0v) is 20.5. The highest BCUT2D eigenvalue weighted by Crippen LogP contribution is 2.53. The topological polar surface area (TPSA) is 79.4 Å². The standard InChI is InChI=1S/C25H20ClN3O3S2/c1-12-16(26)3-2-4-17(12)27-20(30)11-33-25-28-18-8-7-15(10-19(18)34-25)29-23(31)21-13-5-6-14(9-13)22(21)24(29)32/h2-8,10,13-14,21-22H,9,11H2,1H3,(H,27,30)/t13-,14-,21-,22+/m0/s1. The van der Waals surface area contributed by atoms with Gasteiger partial charge in [-0.3, -0.25) is 14.4 Å². The van der Waals surface area contributed by atoms with Crippen LogP contribution < -0.4 is 10.2 Å². The minimum absolute atomic E-state index is 0.0849. The number of fused-ring (bicyclic) bond motifs is 6. The molecule has 1 N–H and O–H groups in total. The van der Waals surface area contributed by atoms with E-state index in [0.717, 1.165) is 26.5 Å². The number of anilines is 2. The second-order valence-corrected chi connectivity index (χ2v) is 11.6. The Bertz CT molecular complexity index is 1370. The van der Waals surface area contributed by atoms with Crippen molar-refractivity contribution in [1.82, 2.24) is 4.98 Å². The normalized spacial score (nSPS) is 24.9. The van der Waals surface area contributed by atoms with Gasteiger partial charge in [0, 0.05) is 10.7 Å². The predicted octanol–water partition coefficient (Wildman–Crippen LogP) is 5.30. The van der Waals surface area contributed by atoms with Crippen LogP contribution >= 0.6 is 34.7 Å². The molecule has 2 aliphatic carbocycles. The highest BCUT2D eigenvalue weighted by Gasteiger charge is 2.59. The Morgan fingerprint density at radius 2 is 1.91 bits per heavy atom. The number of aromatic nitrogens is 1. The Morgan fingerprint density at radius 3 is 2.65 bits per heavy atom. The summed E-state index contributed by atoms with van der Waals surface area (Å²) in [5, 5.41) is 3.49. The van der Waals surface area contributed by atoms with Crippen LogP contribution in [-0.4, -0.2) is 28.5 Å². The molecule has 34 heavy (non-hydrogen) atoms. The predicted molar refractivity (Wildman–Crippen MR) is 135 cm³/mol. The minimum Gasteiger partial charge on any atom is -0.325 e. The molecule has 1 saturated heterocycles. The second-order valence-electron chi connectivity index (χ2n) is 8.89. The van der Waals surface area contributed by atoms with Crippen LogP contribution in [-0.2, 0) is 14.4 Å². The summed E-state index contributed by atoms with van der Waals surface area (Å²) in [5.74, 6) is -0.155. The molecule has 2 fully saturated rings. The monoisotopic (exact) mass is 509 g/mol. The smallest absolute Gasteiger partial charge is 0.238 e. The van der Waals surface area contributed by atoms with Crippen molar-refractivity contribution in [3.63, 3.8) is 0 Å². The maximum absolute atomic E-state index is 13.1. The van der Waals surface area contributed by atoms with Crippen molar-refractivity contribution in [2.24, 2.45) is 23.7 Å². The van der Waals surface area contributed by atoms with Gasteiger partial charge in [0.25, 0.3) is 0 Å². The van der Waals surface area contributed by atoms with Gasteiger partial charge in [-0.1, -0.05) is 41.6 Å². The van der Waals surface area contributed by atoms with Crippen LogP contribution in [0.15, 0.2) is 52.9 Å². The molecule has 6 rings (SSSR count). The largest absolute Gasteiger partial charge is 0.325 e. The lowest BCUT2D eigenvalue weighted by molar-refractivity contribution is -0.123. The average molecular weight is 510 g/mol. The summed E-state index contributed by atoms with van der Waals surface area (Å²) in [6.07, 6.45) is 5.11. The molecule has 0 spiro atoms. The number of hydrogen-bond donors (Lipinski definition) is 1. The third-order valence-electron chi connectivity index (χ3n) is 6.95. The SMILES string of the molecule is Cc1c(Cl)cccc1NC(=O)CSc1nc2ccc(N3C(=O)[C@@H]4[C@H](C3=O)[C@H]3C=C[C@H]4C3)cc2s1. The van der Waals surface area contributed by atoms with Gasteiger partial charge in [0.15, 0.2) is 4.34 Å². The molecule has 1 saturated carbocycles. The summed E-state index contributed by atoms with van der Waals surface area (Å²) in [6, 6.07) is 10.9. The lowest BCUT2D eigenvalue weighted by Crippen LogP contribution is -2.32. The fraction of sp³-hybridized carbons (Fsp3) is 0.280. The summed E-state index contributed by atoms with van der Waals surface area (Å²) in [5.41, 5.74) is 2.91. The van der Waals surface area contributed by atoms with Crippen LogP contribution in [0, 0.1) is 30.6 Å². The molecular formula is C25H20ClN3O3S2. The van der Waals surface area contributed by atoms with Crippen LogP contribution in [0.2, 0.25) is 5.02 Å². The van der Waals surface area contributed by atoms with Crippen molar-refractivity contribution in [2.75, 3.05) is 16.0 Å². The molecule has 3 aliphatic rings. The molecule has 2 bridgehead atoms. The van der Waals surface area contributed by atoms with Crippen LogP contribution in [0.1, 0.15) is 12.0 Å². The highest BCUT2D eigenvalue weighted by molar-refractivity contribution is 8.01. The number of amides is 3. The summed E-state index contributed by atoms with van der Waals surface area (Å²) < 4.78 is 1.63. The quantitative estimate of drug-likeness (QED) is 0.287. The van der Waals surface area contributed by atoms with E-state index < -0.39 is 0 Å². The molecule has 0 unspecified atom stereocenters. The molecule has 6 nitrogen and oxygen atoms in total. The van der Waals surface area contributed by atoms with E-state index in [1.165, 1.54) is 28.0 Å². The van der Waals surface area contributed by atoms with E-state index in [1.54, 1.807) is 18.2 Å². The molecule has 2 heterocycles. The van der Waals surface area contributed by atoms with E-state index >= 15 is 0 Å². The Morgan fingerprint density at radius 1 is 1.18 bits per heavy atom. The number of imide groups is 1. The van der Waals surface area contributed by atoms with Gasteiger partial charge in [0.05, 0.1) is 33.5 Å². The number of carbonyl (C=O) groups is 3. The van der Waals surface area contributed by atoms with E-state index in [9.17, 15) is 14.4 Å². The van der Waals surface area contributed by atoms with Crippen molar-refractivity contribution in [3.05, 3.63) is 59.1 Å². The summed E-state index contributed by atoms with van der Waals surface area (Å²) in [6.45, 7) is 1.86. The fourth-order valence-electron chi connectivity index (χ4n) is 5.31. The van der Waals surface area contributed by atoms with E-state index in [0.29, 0.717) is 16.4 Å². The number of thioether (sulfide) groups is 1. The Balaban J connectivity index is 1.17. The van der Waals surface area contributed by atoms with Crippen LogP contribution in [0.3, 0.4) is 0 Å². The highest BCUT2D eigenvalue weighted by atomic mass is 35.5. The first kappa shape index (κ1) is 21.8. The zero-order valence-electron chi connectivity index (χ0n) is 18.2. The van der Waals surface area contributed by atoms with Crippen LogP contribution in [0.25, 0.3) is 10.2 Å². The molecule has 3 amide bonds. The zero-order chi connectivity index (χ0) is 23.6. The van der Waals surface area contributed by atoms with Crippen molar-refractivity contribution < 1.29 is 14.4 Å². The number of nitrogens with zero attached hydrogens (tertiary/aromatic N) is 2. The molecular weight excluding hydrogens is 490 g/mol. The number of halogens is 1. The molecule has 9 heteroatoms. The van der Waals surface area contributed by atoms with E-state index in [-0.39, 0.29) is 47.1 Å². The maximum Gasteiger partial charge on any atom is 0.238 e. The maximum atomic E-state index is 13.1. The molecule has 1 aromatic heterocycles. The van der Waals surface area contributed by atoms with E-state index in [4.69, 9.17) is 11.6 Å². The molecule has 1 aliphatic heterocycles. The van der Waals surface area contributed by atoms with Gasteiger partial charge in [0.1, 0.15) is 0 Å². The molecule has 0 radical (unpaired) electrons. The van der Waals surface area contributed by atoms with E-state index in [1.807, 2.05) is 25.1 Å². The lowest BCUT2D eigenvalue weighted by atomic mass is 9.85. The van der Waals surface area contributed by atoms with Gasteiger partial charge in [0.2, 0.25) is 17.7 Å². The average Bonchev–Trinajstić information content (AvgIpc) is 3.58. The Kier molecular flexibility index (Phi) is 5.28. The van der Waals surface area contributed by atoms with Gasteiger partial charge in [-0.15, -0.1) is 11.3 Å². The Labute approximate surface area is 209 Å². The number of hydrogen-bond acceptors (Lipinski definition) is 6. The number of nitrogens with one attached hydrogen (secondary N) is 1. The number of benzene rings is 2. The van der Waals surface area contributed by atoms with Crippen molar-refractivity contribution >= 4 is 74.0 Å². The first-order chi connectivity index (χ1) is 16.4. The lowest BCUT2D eigenvalue weighted by Gasteiger charge is -2.17. The third-order valence-corrected chi connectivity index (χ3v) is 9.52. The van der Waals surface area contributed by atoms with Crippen molar-refractivity contribution in [2.45, 2.75) is 17.7 Å².